The van der Waals surface area contributed by atoms with Gasteiger partial charge in [-0.3, -0.25) is 19.2 Å². The Kier molecular flexibility index (Phi) is 4.90. The van der Waals surface area contributed by atoms with E-state index in [1.165, 1.54) is 0 Å². The second-order valence-corrected chi connectivity index (χ2v) is 10.3. The first-order chi connectivity index (χ1) is 16.8. The van der Waals surface area contributed by atoms with Crippen LogP contribution in [0.5, 0.6) is 0 Å². The molecule has 2 amide bonds. The molecule has 2 saturated heterocycles. The van der Waals surface area contributed by atoms with Crippen molar-refractivity contribution in [1.82, 2.24) is 0 Å². The highest BCUT2D eigenvalue weighted by Crippen LogP contribution is 2.58. The summed E-state index contributed by atoms with van der Waals surface area (Å²) in [5, 5.41) is 0.399. The minimum Gasteiger partial charge on any atom is -0.349 e. The third-order valence-corrected chi connectivity index (χ3v) is 8.14. The van der Waals surface area contributed by atoms with E-state index in [0.717, 1.165) is 9.37 Å². The van der Waals surface area contributed by atoms with E-state index in [1.807, 2.05) is 0 Å². The van der Waals surface area contributed by atoms with Gasteiger partial charge in [0.2, 0.25) is 29.0 Å². The number of benzene rings is 3. The van der Waals surface area contributed by atoms with E-state index < -0.39 is 46.9 Å². The summed E-state index contributed by atoms with van der Waals surface area (Å²) < 4.78 is 7.10. The van der Waals surface area contributed by atoms with Gasteiger partial charge in [-0.2, -0.15) is 0 Å². The Morgan fingerprint density at radius 1 is 0.857 bits per heavy atom. The maximum absolute atomic E-state index is 14.0. The molecule has 2 aliphatic heterocycles. The van der Waals surface area contributed by atoms with Gasteiger partial charge in [0.1, 0.15) is 0 Å². The van der Waals surface area contributed by atoms with Crippen LogP contribution in [-0.2, 0) is 14.3 Å². The van der Waals surface area contributed by atoms with Gasteiger partial charge in [-0.05, 0) is 42.3 Å². The van der Waals surface area contributed by atoms with Crippen LogP contribution >= 0.6 is 27.5 Å². The van der Waals surface area contributed by atoms with Crippen LogP contribution in [0.25, 0.3) is 0 Å². The zero-order chi connectivity index (χ0) is 24.6. The third-order valence-electron chi connectivity index (χ3n) is 7.20. The minimum absolute atomic E-state index is 0.199. The van der Waals surface area contributed by atoms with Gasteiger partial charge in [-0.1, -0.05) is 70.0 Å². The number of fused-ring (bicyclic) bond motifs is 3. The Balaban J connectivity index is 1.56. The molecule has 2 heterocycles. The number of carbonyl (C=O) groups is 4. The summed E-state index contributed by atoms with van der Waals surface area (Å²) >= 11 is 9.68. The molecule has 0 aromatic heterocycles. The summed E-state index contributed by atoms with van der Waals surface area (Å²) in [6.45, 7) is 1.71. The first-order valence-corrected chi connectivity index (χ1v) is 12.2. The van der Waals surface area contributed by atoms with E-state index in [2.05, 4.69) is 15.9 Å². The molecule has 6 rings (SSSR count). The number of ether oxygens (including phenoxy) is 1. The fourth-order valence-corrected chi connectivity index (χ4v) is 5.98. The summed E-state index contributed by atoms with van der Waals surface area (Å²) in [5.74, 6) is -4.68. The van der Waals surface area contributed by atoms with Crippen LogP contribution in [0.2, 0.25) is 5.02 Å². The number of nitrogens with zero attached hydrogens (tertiary/aromatic N) is 1. The standard InChI is InChI=1S/C27H17BrClNO5/c1-13-18(29)7-4-8-19(13)30-25(33)20-21(26(30)34)27(35-22(20)14-9-11-15(28)12-10-14)23(31)16-5-2-3-6-17(16)24(27)32/h2-12,20-22H,1H3/t20-,21+,22+/m1/s1. The van der Waals surface area contributed by atoms with Gasteiger partial charge >= 0.3 is 0 Å². The highest BCUT2D eigenvalue weighted by Gasteiger charge is 2.74. The van der Waals surface area contributed by atoms with Crippen LogP contribution < -0.4 is 4.90 Å². The molecule has 1 spiro atoms. The quantitative estimate of drug-likeness (QED) is 0.327. The number of Topliss-reactive ketones (excluding diaryl/α,β-unsaturated/α-hetero) is 2. The molecule has 0 unspecified atom stereocenters. The molecule has 3 atom stereocenters. The van der Waals surface area contributed by atoms with Crippen LogP contribution in [0.3, 0.4) is 0 Å². The van der Waals surface area contributed by atoms with Gasteiger partial charge < -0.3 is 4.74 Å². The smallest absolute Gasteiger partial charge is 0.241 e. The van der Waals surface area contributed by atoms with E-state index >= 15 is 0 Å². The van der Waals surface area contributed by atoms with Crippen LogP contribution in [0.4, 0.5) is 5.69 Å². The summed E-state index contributed by atoms with van der Waals surface area (Å²) in [6.07, 6.45) is -0.962. The van der Waals surface area contributed by atoms with Crippen molar-refractivity contribution in [2.24, 2.45) is 11.8 Å². The lowest BCUT2D eigenvalue weighted by molar-refractivity contribution is -0.127. The first kappa shape index (κ1) is 22.3. The maximum Gasteiger partial charge on any atom is 0.241 e. The van der Waals surface area contributed by atoms with E-state index in [1.54, 1.807) is 73.7 Å². The van der Waals surface area contributed by atoms with E-state index in [-0.39, 0.29) is 11.1 Å². The van der Waals surface area contributed by atoms with Crippen LogP contribution in [0.1, 0.15) is 37.9 Å². The SMILES string of the molecule is Cc1c(Cl)cccc1N1C(=O)[C@@H]2[C@@H](C1=O)C1(O[C@H]2c2ccc(Br)cc2)C(=O)c2ccccc2C1=O. The summed E-state index contributed by atoms with van der Waals surface area (Å²) in [5.41, 5.74) is -0.210. The van der Waals surface area contributed by atoms with Gasteiger partial charge in [-0.25, -0.2) is 4.90 Å². The van der Waals surface area contributed by atoms with Crippen LogP contribution in [0.15, 0.2) is 71.2 Å². The normalized spacial score (nSPS) is 24.4. The number of ketones is 2. The molecule has 3 aromatic carbocycles. The number of hydrogen-bond acceptors (Lipinski definition) is 5. The molecule has 3 aromatic rings. The predicted octanol–water partition coefficient (Wildman–Crippen LogP) is 5.11. The van der Waals surface area contributed by atoms with Crippen molar-refractivity contribution in [1.29, 1.82) is 0 Å². The highest BCUT2D eigenvalue weighted by atomic mass is 79.9. The van der Waals surface area contributed by atoms with E-state index in [9.17, 15) is 19.2 Å². The lowest BCUT2D eigenvalue weighted by atomic mass is 9.77. The molecule has 35 heavy (non-hydrogen) atoms. The second-order valence-electron chi connectivity index (χ2n) is 8.93. The molecule has 0 bridgehead atoms. The Hall–Kier alpha value is -3.13. The molecule has 0 N–H and O–H groups in total. The number of imide groups is 1. The molecule has 2 fully saturated rings. The number of rotatable bonds is 2. The Labute approximate surface area is 214 Å². The predicted molar refractivity (Wildman–Crippen MR) is 131 cm³/mol. The van der Waals surface area contributed by atoms with Gasteiger partial charge in [0.05, 0.1) is 23.6 Å². The van der Waals surface area contributed by atoms with Gasteiger partial charge in [0.15, 0.2) is 0 Å². The maximum atomic E-state index is 14.0. The molecule has 3 aliphatic rings. The Morgan fingerprint density at radius 2 is 1.49 bits per heavy atom. The number of hydrogen-bond donors (Lipinski definition) is 0. The molecule has 6 nitrogen and oxygen atoms in total. The van der Waals surface area contributed by atoms with Crippen LogP contribution in [0, 0.1) is 18.8 Å². The zero-order valence-electron chi connectivity index (χ0n) is 18.3. The Morgan fingerprint density at radius 3 is 2.11 bits per heavy atom. The minimum atomic E-state index is -2.10. The van der Waals surface area contributed by atoms with Crippen molar-refractivity contribution in [3.63, 3.8) is 0 Å². The second kappa shape index (κ2) is 7.68. The van der Waals surface area contributed by atoms with Gasteiger partial charge in [0, 0.05) is 20.6 Å². The van der Waals surface area contributed by atoms with Crippen molar-refractivity contribution < 1.29 is 23.9 Å². The lowest BCUT2D eigenvalue weighted by Crippen LogP contribution is -2.51. The van der Waals surface area contributed by atoms with Gasteiger partial charge in [0.25, 0.3) is 0 Å². The highest BCUT2D eigenvalue weighted by molar-refractivity contribution is 9.10. The molecule has 8 heteroatoms. The van der Waals surface area contributed by atoms with Crippen LogP contribution in [-0.4, -0.2) is 29.0 Å². The van der Waals surface area contributed by atoms with E-state index in [4.69, 9.17) is 16.3 Å². The number of amides is 2. The monoisotopic (exact) mass is 549 g/mol. The fraction of sp³-hybridized carbons (Fsp3) is 0.185. The van der Waals surface area contributed by atoms with Crippen molar-refractivity contribution >= 4 is 56.6 Å². The molecule has 1 aliphatic carbocycles. The zero-order valence-corrected chi connectivity index (χ0v) is 20.7. The topological polar surface area (TPSA) is 80.8 Å². The molecular weight excluding hydrogens is 534 g/mol. The third kappa shape index (κ3) is 2.86. The first-order valence-electron chi connectivity index (χ1n) is 11.0. The molecule has 0 saturated carbocycles. The summed E-state index contributed by atoms with van der Waals surface area (Å²) in [4.78, 5) is 56.4. The summed E-state index contributed by atoms with van der Waals surface area (Å²) in [7, 11) is 0. The average Bonchev–Trinajstić information content (AvgIpc) is 3.42. The largest absolute Gasteiger partial charge is 0.349 e. The Bertz CT molecular complexity index is 1430. The molecule has 174 valence electrons. The van der Waals surface area contributed by atoms with Crippen molar-refractivity contribution in [3.8, 4) is 0 Å². The fourth-order valence-electron chi connectivity index (χ4n) is 5.55. The van der Waals surface area contributed by atoms with Crippen molar-refractivity contribution in [3.05, 3.63) is 98.5 Å². The average molecular weight is 551 g/mol. The number of halogens is 2. The van der Waals surface area contributed by atoms with Gasteiger partial charge in [-0.15, -0.1) is 0 Å². The molecule has 0 radical (unpaired) electrons. The lowest BCUT2D eigenvalue weighted by Gasteiger charge is -2.27. The van der Waals surface area contributed by atoms with Crippen molar-refractivity contribution in [2.45, 2.75) is 18.6 Å². The summed E-state index contributed by atoms with van der Waals surface area (Å²) in [6, 6.07) is 18.5. The van der Waals surface area contributed by atoms with Crippen molar-refractivity contribution in [2.75, 3.05) is 4.90 Å². The van der Waals surface area contributed by atoms with E-state index in [0.29, 0.717) is 21.8 Å². The number of carbonyl (C=O) groups excluding carboxylic acids is 4. The molecular formula is C27H17BrClNO5. The number of anilines is 1.